The van der Waals surface area contributed by atoms with Crippen molar-refractivity contribution in [1.82, 2.24) is 10.6 Å². The van der Waals surface area contributed by atoms with E-state index in [0.717, 1.165) is 11.1 Å². The summed E-state index contributed by atoms with van der Waals surface area (Å²) in [6.07, 6.45) is -1.78. The number of alkyl carbamates (subject to hydrolysis) is 1. The maximum Gasteiger partial charge on any atom is 0.407 e. The number of aryl methyl sites for hydroxylation is 2. The highest BCUT2D eigenvalue weighted by molar-refractivity contribution is 5.99. The van der Waals surface area contributed by atoms with Gasteiger partial charge >= 0.3 is 6.09 Å². The molecular formula is C21H25N3O4. The zero-order valence-corrected chi connectivity index (χ0v) is 16.4. The fraction of sp³-hybridized carbons (Fsp3) is 0.286. The van der Waals surface area contributed by atoms with Crippen molar-refractivity contribution in [2.75, 3.05) is 12.4 Å². The van der Waals surface area contributed by atoms with Gasteiger partial charge in [-0.15, -0.1) is 0 Å². The summed E-state index contributed by atoms with van der Waals surface area (Å²) >= 11 is 0. The number of hydrogen-bond donors (Lipinski definition) is 3. The second-order valence-electron chi connectivity index (χ2n) is 6.41. The highest BCUT2D eigenvalue weighted by Gasteiger charge is 2.27. The molecule has 2 unspecified atom stereocenters. The average Bonchev–Trinajstić information content (AvgIpc) is 2.69. The Bertz CT molecular complexity index is 832. The molecule has 148 valence electrons. The fourth-order valence-corrected chi connectivity index (χ4v) is 2.69. The lowest BCUT2D eigenvalue weighted by atomic mass is 10.0. The summed E-state index contributed by atoms with van der Waals surface area (Å²) in [5, 5.41) is 7.85. The maximum absolute atomic E-state index is 13.0. The van der Waals surface area contributed by atoms with Crippen LogP contribution in [0.4, 0.5) is 10.5 Å². The van der Waals surface area contributed by atoms with Gasteiger partial charge in [-0.1, -0.05) is 48.5 Å². The van der Waals surface area contributed by atoms with Crippen LogP contribution in [0.25, 0.3) is 0 Å². The predicted molar refractivity (Wildman–Crippen MR) is 107 cm³/mol. The van der Waals surface area contributed by atoms with Crippen LogP contribution in [0.3, 0.4) is 0 Å². The lowest BCUT2D eigenvalue weighted by Crippen LogP contribution is -2.43. The van der Waals surface area contributed by atoms with E-state index >= 15 is 0 Å². The quantitative estimate of drug-likeness (QED) is 0.715. The second-order valence-corrected chi connectivity index (χ2v) is 6.41. The van der Waals surface area contributed by atoms with Gasteiger partial charge in [0.05, 0.1) is 0 Å². The van der Waals surface area contributed by atoms with Crippen LogP contribution in [0.1, 0.15) is 29.7 Å². The summed E-state index contributed by atoms with van der Waals surface area (Å²) in [5.74, 6) is -0.960. The van der Waals surface area contributed by atoms with E-state index in [1.54, 1.807) is 24.3 Å². The van der Waals surface area contributed by atoms with E-state index in [4.69, 9.17) is 4.74 Å². The van der Waals surface area contributed by atoms with E-state index in [0.29, 0.717) is 11.3 Å². The molecule has 0 fully saturated rings. The Morgan fingerprint density at radius 1 is 0.893 bits per heavy atom. The molecule has 3 amide bonds. The molecule has 2 atom stereocenters. The van der Waals surface area contributed by atoms with Crippen LogP contribution >= 0.6 is 0 Å². The molecule has 7 nitrogen and oxygen atoms in total. The zero-order valence-electron chi connectivity index (χ0n) is 16.4. The smallest absolute Gasteiger partial charge is 0.407 e. The highest BCUT2D eigenvalue weighted by Crippen LogP contribution is 2.22. The highest BCUT2D eigenvalue weighted by atomic mass is 16.6. The van der Waals surface area contributed by atoms with Gasteiger partial charge < -0.3 is 20.7 Å². The first-order chi connectivity index (χ1) is 13.3. The van der Waals surface area contributed by atoms with Crippen LogP contribution < -0.4 is 16.0 Å². The normalized spacial score (nSPS) is 12.4. The molecule has 2 aromatic carbocycles. The van der Waals surface area contributed by atoms with Gasteiger partial charge in [0.15, 0.2) is 6.10 Å². The van der Waals surface area contributed by atoms with E-state index in [1.807, 2.05) is 38.1 Å². The van der Waals surface area contributed by atoms with E-state index in [2.05, 4.69) is 16.0 Å². The summed E-state index contributed by atoms with van der Waals surface area (Å²) in [6.45, 7) is 5.24. The van der Waals surface area contributed by atoms with E-state index in [-0.39, 0.29) is 5.91 Å². The van der Waals surface area contributed by atoms with Crippen molar-refractivity contribution in [2.24, 2.45) is 0 Å². The van der Waals surface area contributed by atoms with Gasteiger partial charge in [-0.3, -0.25) is 9.59 Å². The number of carbonyl (C=O) groups excluding carboxylic acids is 3. The number of ether oxygens (including phenoxy) is 1. The molecule has 7 heteroatoms. The third kappa shape index (κ3) is 5.33. The number of nitrogens with one attached hydrogen (secondary N) is 3. The first-order valence-corrected chi connectivity index (χ1v) is 8.94. The molecule has 28 heavy (non-hydrogen) atoms. The molecule has 2 rings (SSSR count). The third-order valence-electron chi connectivity index (χ3n) is 4.27. The Morgan fingerprint density at radius 2 is 1.50 bits per heavy atom. The molecule has 0 aliphatic carbocycles. The monoisotopic (exact) mass is 383 g/mol. The first kappa shape index (κ1) is 21.0. The molecule has 0 saturated heterocycles. The molecule has 0 heterocycles. The fourth-order valence-electron chi connectivity index (χ4n) is 2.69. The van der Waals surface area contributed by atoms with Gasteiger partial charge in [0.25, 0.3) is 11.8 Å². The Labute approximate surface area is 164 Å². The van der Waals surface area contributed by atoms with E-state index in [1.165, 1.54) is 14.0 Å². The molecule has 0 aromatic heterocycles. The Kier molecular flexibility index (Phi) is 7.14. The number of amides is 3. The number of hydrogen-bond acceptors (Lipinski definition) is 4. The van der Waals surface area contributed by atoms with Crippen molar-refractivity contribution in [2.45, 2.75) is 32.9 Å². The number of anilines is 1. The molecule has 0 saturated carbocycles. The largest absolute Gasteiger partial charge is 0.436 e. The standard InChI is InChI=1S/C21H25N3O4/c1-13-9-8-10-14(2)17(13)23-20(26)18(16-11-6-5-7-12-16)24-19(25)15(3)28-21(27)22-4/h5-12,15,18H,1-4H3,(H,22,27)(H,23,26)(H,24,25). The number of rotatable bonds is 6. The molecule has 0 bridgehead atoms. The van der Waals surface area contributed by atoms with Crippen LogP contribution in [-0.4, -0.2) is 31.1 Å². The molecule has 0 aliphatic rings. The molecule has 0 radical (unpaired) electrons. The minimum Gasteiger partial charge on any atom is -0.436 e. The van der Waals surface area contributed by atoms with Crippen molar-refractivity contribution in [1.29, 1.82) is 0 Å². The van der Waals surface area contributed by atoms with Crippen molar-refractivity contribution < 1.29 is 19.1 Å². The Hall–Kier alpha value is -3.35. The third-order valence-corrected chi connectivity index (χ3v) is 4.27. The van der Waals surface area contributed by atoms with Gasteiger partial charge in [0.1, 0.15) is 6.04 Å². The molecule has 2 aromatic rings. The zero-order chi connectivity index (χ0) is 20.7. The van der Waals surface area contributed by atoms with Gasteiger partial charge in [0.2, 0.25) is 0 Å². The molecule has 0 aliphatic heterocycles. The van der Waals surface area contributed by atoms with Crippen LogP contribution in [0.5, 0.6) is 0 Å². The lowest BCUT2D eigenvalue weighted by Gasteiger charge is -2.22. The van der Waals surface area contributed by atoms with Crippen LogP contribution in [0.15, 0.2) is 48.5 Å². The topological polar surface area (TPSA) is 96.5 Å². The Morgan fingerprint density at radius 3 is 2.07 bits per heavy atom. The van der Waals surface area contributed by atoms with Crippen LogP contribution in [0, 0.1) is 13.8 Å². The maximum atomic E-state index is 13.0. The first-order valence-electron chi connectivity index (χ1n) is 8.94. The minimum absolute atomic E-state index is 0.385. The van der Waals surface area contributed by atoms with Crippen molar-refractivity contribution >= 4 is 23.6 Å². The van der Waals surface area contributed by atoms with Crippen molar-refractivity contribution in [3.63, 3.8) is 0 Å². The number of para-hydroxylation sites is 1. The number of carbonyl (C=O) groups is 3. The van der Waals surface area contributed by atoms with Gasteiger partial charge in [0, 0.05) is 12.7 Å². The molecular weight excluding hydrogens is 358 g/mol. The average molecular weight is 383 g/mol. The molecule has 0 spiro atoms. The summed E-state index contributed by atoms with van der Waals surface area (Å²) < 4.78 is 4.94. The van der Waals surface area contributed by atoms with Gasteiger partial charge in [-0.05, 0) is 37.5 Å². The van der Waals surface area contributed by atoms with Crippen molar-refractivity contribution in [3.8, 4) is 0 Å². The summed E-state index contributed by atoms with van der Waals surface area (Å²) in [4.78, 5) is 36.8. The van der Waals surface area contributed by atoms with Crippen LogP contribution in [0.2, 0.25) is 0 Å². The lowest BCUT2D eigenvalue weighted by molar-refractivity contribution is -0.132. The SMILES string of the molecule is CNC(=O)OC(C)C(=O)NC(C(=O)Nc1c(C)cccc1C)c1ccccc1. The summed E-state index contributed by atoms with van der Waals surface area (Å²) in [6, 6.07) is 13.7. The van der Waals surface area contributed by atoms with Crippen LogP contribution in [-0.2, 0) is 14.3 Å². The summed E-state index contributed by atoms with van der Waals surface area (Å²) in [5.41, 5.74) is 3.16. The Balaban J connectivity index is 2.24. The minimum atomic E-state index is -1.06. The van der Waals surface area contributed by atoms with E-state index < -0.39 is 24.1 Å². The number of benzene rings is 2. The summed E-state index contributed by atoms with van der Waals surface area (Å²) in [7, 11) is 1.40. The van der Waals surface area contributed by atoms with Gasteiger partial charge in [-0.2, -0.15) is 0 Å². The predicted octanol–water partition coefficient (Wildman–Crippen LogP) is 2.84. The molecule has 3 N–H and O–H groups in total. The second kappa shape index (κ2) is 9.55. The van der Waals surface area contributed by atoms with Crippen molar-refractivity contribution in [3.05, 3.63) is 65.2 Å². The van der Waals surface area contributed by atoms with E-state index in [9.17, 15) is 14.4 Å². The van der Waals surface area contributed by atoms with Gasteiger partial charge in [-0.25, -0.2) is 4.79 Å².